The summed E-state index contributed by atoms with van der Waals surface area (Å²) in [5, 5.41) is 18.1. The number of aromatic hydroxyl groups is 1. The van der Waals surface area contributed by atoms with Crippen molar-refractivity contribution in [1.29, 1.82) is 0 Å². The summed E-state index contributed by atoms with van der Waals surface area (Å²) in [4.78, 5) is 177. The fourth-order valence-electron chi connectivity index (χ4n) is 20.9. The van der Waals surface area contributed by atoms with Gasteiger partial charge in [0, 0.05) is 167 Å². The van der Waals surface area contributed by atoms with Gasteiger partial charge in [0.1, 0.15) is 63.2 Å². The minimum Gasteiger partial charge on any atom is -1.00 e. The van der Waals surface area contributed by atoms with Crippen molar-refractivity contribution in [3.8, 4) is 28.7 Å². The summed E-state index contributed by atoms with van der Waals surface area (Å²) in [7, 11) is 4.47. The Kier molecular flexibility index (Phi) is 39.0. The van der Waals surface area contributed by atoms with Crippen molar-refractivity contribution in [2.75, 3.05) is 106 Å². The van der Waals surface area contributed by atoms with Crippen LogP contribution in [-0.2, 0) is 32.6 Å². The van der Waals surface area contributed by atoms with Gasteiger partial charge in [0.2, 0.25) is 27.1 Å². The fraction of sp³-hybridized carbons (Fsp3) is 0.436. The SMILES string of the molecule is CCN1CC2CC(C)c3c(Br)c(=O)c(OC)c(n32)C1=O.CCN1CC2CC(C)c3c(C(=O)NCc4ccc(F)cc4F)c(=O)c(O)c(n32)C1=O.CCN1CC2CC(C)c3c(C(=O)NCc4ccc(F)cc4F)c(=O)c(OC)c(n32)C1=O.CCN1CC2CC(C)c3c(C(=O)NCc4ccc(F)cc4F)c(=O)c(OC)c(n32)C1=O.CCN1CC2CCc3c(Br)c(=O)c(OC)c(n32)C1=O.CI.NCc1ccc(F)cc1F.[2H]CF.[Cl-].[Li+]. The molecule has 0 radical (unpaired) electrons. The number of likely N-dealkylation sites (N-methyl/N-ethyl adjacent to an activating group) is 5. The molecule has 0 saturated carbocycles. The molecule has 46 heteroatoms. The van der Waals surface area contributed by atoms with Crippen LogP contribution in [0.1, 0.15) is 284 Å². The summed E-state index contributed by atoms with van der Waals surface area (Å²) in [5.74, 6) is -10.1. The number of ether oxygens (including phenoxy) is 4. The van der Waals surface area contributed by atoms with Gasteiger partial charge < -0.3 is 105 Å². The molecular weight excluding hydrogens is 2200 g/mol. The number of aromatic nitrogens is 5. The van der Waals surface area contributed by atoms with Crippen LogP contribution in [0.15, 0.2) is 106 Å². The van der Waals surface area contributed by atoms with E-state index < -0.39 is 99.4 Å². The van der Waals surface area contributed by atoms with Crippen molar-refractivity contribution >= 4 is 102 Å². The van der Waals surface area contributed by atoms with E-state index in [0.29, 0.717) is 134 Å². The van der Waals surface area contributed by atoms with Crippen LogP contribution in [0.3, 0.4) is 0 Å². The third kappa shape index (κ3) is 22.4. The van der Waals surface area contributed by atoms with Crippen molar-refractivity contribution in [3.63, 3.8) is 0 Å². The third-order valence-corrected chi connectivity index (χ3v) is 29.1. The van der Waals surface area contributed by atoms with E-state index in [0.717, 1.165) is 67.0 Å². The topological polar surface area (TPSA) is 382 Å². The number of alkyl halides is 2. The van der Waals surface area contributed by atoms with Gasteiger partial charge in [0.15, 0.2) is 57.2 Å². The van der Waals surface area contributed by atoms with Gasteiger partial charge in [-0.05, 0) is 158 Å². The Bertz CT molecular complexity index is 6830. The average molecular weight is 2310 g/mol. The number of rotatable bonds is 19. The number of pyridine rings is 5. The maximum absolute atomic E-state index is 13.9. The number of nitrogens with two attached hydrogens (primary N) is 1. The van der Waals surface area contributed by atoms with Crippen LogP contribution in [0.5, 0.6) is 28.7 Å². The second-order valence-electron chi connectivity index (χ2n) is 35.7. The van der Waals surface area contributed by atoms with Crippen LogP contribution in [-0.4, -0.2) is 206 Å². The van der Waals surface area contributed by atoms with E-state index in [1.165, 1.54) is 58.8 Å². The number of halogens is 13. The summed E-state index contributed by atoms with van der Waals surface area (Å²) in [5.41, 5.74) is 6.89. The van der Waals surface area contributed by atoms with Crippen LogP contribution in [0.4, 0.5) is 39.5 Å². The van der Waals surface area contributed by atoms with Crippen molar-refractivity contribution in [2.45, 2.75) is 181 Å². The van der Waals surface area contributed by atoms with Crippen LogP contribution >= 0.6 is 54.5 Å². The minimum atomic E-state index is -1.00. The number of carbonyl (C=O) groups is 8. The van der Waals surface area contributed by atoms with Crippen molar-refractivity contribution in [3.05, 3.63) is 275 Å². The number of hydrogen-bond acceptors (Lipinski definition) is 19. The van der Waals surface area contributed by atoms with Crippen molar-refractivity contribution < 1.29 is 135 Å². The summed E-state index contributed by atoms with van der Waals surface area (Å²) >= 11 is 8.89. The molecule has 147 heavy (non-hydrogen) atoms. The quantitative estimate of drug-likeness (QED) is 0.0220. The maximum atomic E-state index is 13.9. The Morgan fingerprint density at radius 3 is 0.952 bits per heavy atom. The molecule has 0 bridgehead atoms. The maximum Gasteiger partial charge on any atom is 1.00 e. The molecule has 9 unspecified atom stereocenters. The Morgan fingerprint density at radius 2 is 0.660 bits per heavy atom. The van der Waals surface area contributed by atoms with E-state index >= 15 is 0 Å². The molecule has 0 fully saturated rings. The summed E-state index contributed by atoms with van der Waals surface area (Å²) in [6.45, 7) is 22.2. The van der Waals surface area contributed by atoms with Crippen LogP contribution in [0.2, 0.25) is 0 Å². The zero-order valence-corrected chi connectivity index (χ0v) is 89.4. The first-order chi connectivity index (χ1) is 69.5. The molecule has 4 aromatic carbocycles. The Balaban J connectivity index is 0.000000184. The second kappa shape index (κ2) is 49.6. The molecule has 15 heterocycles. The summed E-state index contributed by atoms with van der Waals surface area (Å²) in [6, 6.07) is 12.7. The average Bonchev–Trinajstić information content (AvgIpc) is 1.56. The number of hydrogen-bond donors (Lipinski definition) is 5. The van der Waals surface area contributed by atoms with Gasteiger partial charge in [-0.3, -0.25) is 66.7 Å². The number of amides is 8. The molecule has 9 atom stereocenters. The Morgan fingerprint density at radius 1 is 0.408 bits per heavy atom. The smallest absolute Gasteiger partial charge is 1.00 e. The first-order valence-corrected chi connectivity index (χ1v) is 50.6. The molecule has 0 spiro atoms. The van der Waals surface area contributed by atoms with Crippen LogP contribution < -0.4 is 99.0 Å². The van der Waals surface area contributed by atoms with Gasteiger partial charge in [-0.2, -0.15) is 0 Å². The zero-order valence-electron chi connectivity index (χ0n) is 84.3. The minimum absolute atomic E-state index is 0. The number of benzene rings is 4. The van der Waals surface area contributed by atoms with Gasteiger partial charge >= 0.3 is 18.9 Å². The predicted octanol–water partition coefficient (Wildman–Crippen LogP) is 8.26. The number of nitrogens with zero attached hydrogens (tertiary/aromatic N) is 10. The van der Waals surface area contributed by atoms with Crippen molar-refractivity contribution in [1.82, 2.24) is 63.3 Å². The van der Waals surface area contributed by atoms with Gasteiger partial charge in [0.25, 0.3) is 47.3 Å². The normalized spacial score (nSPS) is 19.0. The number of carbonyl (C=O) groups excluding carboxylic acids is 8. The third-order valence-electron chi connectivity index (χ3n) is 27.5. The van der Waals surface area contributed by atoms with E-state index in [9.17, 15) is 107 Å². The standard InChI is InChI=1S/2C22H23F2N3O4.C21H21F2N3O4.C14H17BrN2O3.C13H15BrN2O3.C7H7F2N.CH3F.CH3I.ClH.Li/c2*1-4-26-10-14-7-11(2)17-16(19(28)20(31-3)18(22(26)30)27(14)17)21(29)25-9-12-5-6-13(23)8-15(12)24;1-3-25-9-13-6-10(2)16-15(18(27)19(28)17(21(25)30)26(13)16)20(29)24-8-11-4-5-12(22)7-14(11)23;1-4-16-6-8-5-7(2)10-9(15)12(18)13(20-3)11(14(16)19)17(8)10;1-3-15-6-7-4-5-8-9(14)11(17)12(19-2)10(13(15)18)16(7)8;8-6-2-1-5(4-10)7(9)3-6;2*1-2;;/h2*5-6,8,11,14H,4,7,9-10H2,1-3H3,(H,25,29);4-5,7,10,13,28H,3,6,8-9H2,1-2H3,(H,24,29);7-8H,4-6H2,1-3H3;7H,3-6H2,1-2H3;1-3H,4,10H2;2*1H3;1H;/q;;;;;;;;;+1/p-1/i;;;;;;1D;;;. The fourth-order valence-corrected chi connectivity index (χ4v) is 22.2. The molecule has 5 aromatic heterocycles. The molecule has 8 amide bonds. The van der Waals surface area contributed by atoms with Crippen LogP contribution in [0.25, 0.3) is 0 Å². The Labute approximate surface area is 889 Å². The molecule has 0 saturated heterocycles. The van der Waals surface area contributed by atoms with Crippen molar-refractivity contribution in [2.24, 2.45) is 5.73 Å². The monoisotopic (exact) mass is 2310 g/mol. The van der Waals surface area contributed by atoms with E-state index in [1.807, 2.05) is 69.5 Å². The molecule has 0 aliphatic carbocycles. The Hall–Kier alpha value is -11.7. The largest absolute Gasteiger partial charge is 1.00 e. The van der Waals surface area contributed by atoms with E-state index in [4.69, 9.17) is 26.1 Å². The predicted molar refractivity (Wildman–Crippen MR) is 534 cm³/mol. The molecule has 9 aromatic rings. The molecule has 19 rings (SSSR count). The van der Waals surface area contributed by atoms with E-state index in [-0.39, 0.29) is 219 Å². The molecule has 786 valence electrons. The van der Waals surface area contributed by atoms with Gasteiger partial charge in [-0.25, -0.2) is 35.1 Å². The molecule has 10 aliphatic rings. The van der Waals surface area contributed by atoms with Crippen LogP contribution in [0, 0.1) is 46.5 Å². The molecular formula is C101H112Br2ClF9ILiN14O18. The van der Waals surface area contributed by atoms with E-state index in [2.05, 4.69) is 77.3 Å². The van der Waals surface area contributed by atoms with Gasteiger partial charge in [-0.15, -0.1) is 0 Å². The number of nitrogens with one attached hydrogen (secondary N) is 3. The summed E-state index contributed by atoms with van der Waals surface area (Å²) in [6.07, 6.45) is 4.70. The first kappa shape index (κ1) is 116. The summed E-state index contributed by atoms with van der Waals surface area (Å²) < 4.78 is 153. The zero-order chi connectivity index (χ0) is 107. The van der Waals surface area contributed by atoms with Gasteiger partial charge in [0.05, 0.1) is 76.1 Å². The number of methoxy groups -OCH3 is 4. The molecule has 6 N–H and O–H groups in total. The first-order valence-electron chi connectivity index (χ1n) is 47.5. The second-order valence-corrected chi connectivity index (χ2v) is 37.3. The van der Waals surface area contributed by atoms with E-state index in [1.54, 1.807) is 38.2 Å². The molecule has 10 aliphatic heterocycles. The van der Waals surface area contributed by atoms with Gasteiger partial charge in [-0.1, -0.05) is 74.6 Å². The molecule has 32 nitrogen and oxygen atoms in total.